The number of hydrogen-bond donors (Lipinski definition) is 3. The van der Waals surface area contributed by atoms with Gasteiger partial charge in [0.05, 0.1) is 7.11 Å². The number of aromatic hydroxyl groups is 1. The van der Waals surface area contributed by atoms with Gasteiger partial charge in [-0.1, -0.05) is 6.07 Å². The van der Waals surface area contributed by atoms with Crippen LogP contribution in [0.1, 0.15) is 10.4 Å². The number of phenolic OH excluding ortho intramolecular Hbond substituents is 1. The second-order valence-electron chi connectivity index (χ2n) is 2.59. The number of carbonyl (C=O) groups excluding carboxylic acids is 1. The highest BCUT2D eigenvalue weighted by Gasteiger charge is 2.17. The van der Waals surface area contributed by atoms with E-state index in [0.29, 0.717) is 0 Å². The largest absolute Gasteiger partial charge is 0.504 e. The zero-order valence-corrected chi connectivity index (χ0v) is 7.88. The van der Waals surface area contributed by atoms with E-state index >= 15 is 0 Å². The third-order valence-electron chi connectivity index (χ3n) is 1.65. The molecule has 0 heterocycles. The minimum absolute atomic E-state index is 0.0943. The molecule has 0 unspecified atom stereocenters. The molecule has 6 heteroatoms. The van der Waals surface area contributed by atoms with Gasteiger partial charge >= 0.3 is 12.4 Å². The number of aliphatic hydroxyl groups is 2. The van der Waals surface area contributed by atoms with E-state index in [0.717, 1.165) is 0 Å². The van der Waals surface area contributed by atoms with Crippen molar-refractivity contribution >= 4 is 5.97 Å². The lowest BCUT2D eigenvalue weighted by Crippen LogP contribution is -2.16. The van der Waals surface area contributed by atoms with Crippen molar-refractivity contribution in [3.8, 4) is 11.5 Å². The summed E-state index contributed by atoms with van der Waals surface area (Å²) in [6, 6.07) is 4.17. The normalized spacial score (nSPS) is 10.1. The SMILES string of the molecule is COc1cccc(C(=O)OC(O)O)c1O. The van der Waals surface area contributed by atoms with Crippen LogP contribution in [0.4, 0.5) is 0 Å². The van der Waals surface area contributed by atoms with Gasteiger partial charge in [-0.25, -0.2) is 4.79 Å². The summed E-state index contributed by atoms with van der Waals surface area (Å²) in [7, 11) is 1.32. The van der Waals surface area contributed by atoms with E-state index < -0.39 is 18.2 Å². The maximum atomic E-state index is 11.2. The Morgan fingerprint density at radius 1 is 1.40 bits per heavy atom. The van der Waals surface area contributed by atoms with Gasteiger partial charge in [-0.05, 0) is 12.1 Å². The summed E-state index contributed by atoms with van der Waals surface area (Å²) in [5.41, 5.74) is -0.206. The van der Waals surface area contributed by atoms with Gasteiger partial charge in [0.2, 0.25) is 0 Å². The van der Waals surface area contributed by atoms with Crippen LogP contribution in [-0.2, 0) is 4.74 Å². The van der Waals surface area contributed by atoms with Crippen molar-refractivity contribution in [3.05, 3.63) is 23.8 Å². The van der Waals surface area contributed by atoms with E-state index in [2.05, 4.69) is 4.74 Å². The number of methoxy groups -OCH3 is 1. The Kier molecular flexibility index (Phi) is 3.48. The molecule has 0 aromatic heterocycles. The minimum Gasteiger partial charge on any atom is -0.504 e. The molecule has 0 atom stereocenters. The molecule has 3 N–H and O–H groups in total. The highest BCUT2D eigenvalue weighted by molar-refractivity contribution is 5.93. The Morgan fingerprint density at radius 2 is 2.07 bits per heavy atom. The smallest absolute Gasteiger partial charge is 0.346 e. The molecule has 0 saturated carbocycles. The van der Waals surface area contributed by atoms with E-state index in [9.17, 15) is 9.90 Å². The summed E-state index contributed by atoms with van der Waals surface area (Å²) in [4.78, 5) is 11.2. The Morgan fingerprint density at radius 3 is 2.60 bits per heavy atom. The fourth-order valence-corrected chi connectivity index (χ4v) is 1.01. The molecule has 0 aliphatic heterocycles. The lowest BCUT2D eigenvalue weighted by atomic mass is 10.2. The van der Waals surface area contributed by atoms with Crippen LogP contribution in [0.3, 0.4) is 0 Å². The van der Waals surface area contributed by atoms with Crippen LogP contribution >= 0.6 is 0 Å². The second kappa shape index (κ2) is 4.63. The Bertz CT molecular complexity index is 360. The molecule has 6 nitrogen and oxygen atoms in total. The van der Waals surface area contributed by atoms with Gasteiger partial charge in [-0.2, -0.15) is 0 Å². The van der Waals surface area contributed by atoms with E-state index in [1.807, 2.05) is 0 Å². The number of hydrogen-bond acceptors (Lipinski definition) is 6. The molecule has 82 valence electrons. The molecule has 0 amide bonds. The van der Waals surface area contributed by atoms with Gasteiger partial charge in [0, 0.05) is 0 Å². The molecular formula is C9H10O6. The number of para-hydroxylation sites is 1. The number of rotatable bonds is 3. The van der Waals surface area contributed by atoms with E-state index in [-0.39, 0.29) is 11.3 Å². The first-order valence-corrected chi connectivity index (χ1v) is 3.99. The molecule has 0 aliphatic carbocycles. The summed E-state index contributed by atoms with van der Waals surface area (Å²) in [5.74, 6) is -1.37. The van der Waals surface area contributed by atoms with E-state index in [1.165, 1.54) is 25.3 Å². The summed E-state index contributed by atoms with van der Waals surface area (Å²) in [6.45, 7) is -2.22. The third-order valence-corrected chi connectivity index (χ3v) is 1.65. The van der Waals surface area contributed by atoms with Gasteiger partial charge in [0.25, 0.3) is 0 Å². The maximum Gasteiger partial charge on any atom is 0.346 e. The van der Waals surface area contributed by atoms with Crippen molar-refractivity contribution in [1.82, 2.24) is 0 Å². The molecular weight excluding hydrogens is 204 g/mol. The van der Waals surface area contributed by atoms with Crippen molar-refractivity contribution in [2.24, 2.45) is 0 Å². The Balaban J connectivity index is 2.99. The maximum absolute atomic E-state index is 11.2. The molecule has 0 fully saturated rings. The third kappa shape index (κ3) is 2.58. The molecule has 0 bridgehead atoms. The average Bonchev–Trinajstić information content (AvgIpc) is 2.17. The van der Waals surface area contributed by atoms with Gasteiger partial charge < -0.3 is 24.8 Å². The molecule has 0 spiro atoms. The zero-order chi connectivity index (χ0) is 11.4. The monoisotopic (exact) mass is 214 g/mol. The molecule has 15 heavy (non-hydrogen) atoms. The van der Waals surface area contributed by atoms with Crippen molar-refractivity contribution in [2.45, 2.75) is 6.48 Å². The molecule has 1 aromatic carbocycles. The lowest BCUT2D eigenvalue weighted by Gasteiger charge is -2.09. The summed E-state index contributed by atoms with van der Waals surface area (Å²) in [6.07, 6.45) is 0. The second-order valence-corrected chi connectivity index (χ2v) is 2.59. The summed E-state index contributed by atoms with van der Waals surface area (Å²) < 4.78 is 8.83. The van der Waals surface area contributed by atoms with Crippen LogP contribution in [0.2, 0.25) is 0 Å². The number of phenols is 1. The van der Waals surface area contributed by atoms with Crippen molar-refractivity contribution in [1.29, 1.82) is 0 Å². The van der Waals surface area contributed by atoms with Crippen molar-refractivity contribution < 1.29 is 29.6 Å². The Hall–Kier alpha value is -1.79. The van der Waals surface area contributed by atoms with Crippen molar-refractivity contribution in [2.75, 3.05) is 7.11 Å². The first-order chi connectivity index (χ1) is 7.06. The number of esters is 1. The first kappa shape index (κ1) is 11.3. The highest BCUT2D eigenvalue weighted by atomic mass is 16.7. The Labute approximate surface area is 85.3 Å². The molecule has 1 rings (SSSR count). The van der Waals surface area contributed by atoms with Crippen LogP contribution in [0.15, 0.2) is 18.2 Å². The topological polar surface area (TPSA) is 96.2 Å². The zero-order valence-electron chi connectivity index (χ0n) is 7.88. The van der Waals surface area contributed by atoms with Gasteiger partial charge in [0.15, 0.2) is 11.5 Å². The lowest BCUT2D eigenvalue weighted by molar-refractivity contribution is -0.200. The molecule has 0 saturated heterocycles. The summed E-state index contributed by atoms with van der Waals surface area (Å²) in [5, 5.41) is 26.3. The van der Waals surface area contributed by atoms with E-state index in [4.69, 9.17) is 14.9 Å². The highest BCUT2D eigenvalue weighted by Crippen LogP contribution is 2.29. The fourth-order valence-electron chi connectivity index (χ4n) is 1.01. The number of carbonyl (C=O) groups is 1. The van der Waals surface area contributed by atoms with Gasteiger partial charge in [-0.3, -0.25) is 0 Å². The van der Waals surface area contributed by atoms with Crippen LogP contribution < -0.4 is 4.74 Å². The molecule has 0 aliphatic rings. The van der Waals surface area contributed by atoms with Crippen molar-refractivity contribution in [3.63, 3.8) is 0 Å². The van der Waals surface area contributed by atoms with Gasteiger partial charge in [0.1, 0.15) is 5.56 Å². The fraction of sp³-hybridized carbons (Fsp3) is 0.222. The quantitative estimate of drug-likeness (QED) is 0.477. The number of benzene rings is 1. The predicted octanol–water partition coefficient (Wildman–Crippen LogP) is -0.174. The number of ether oxygens (including phenoxy) is 2. The minimum atomic E-state index is -2.22. The predicted molar refractivity (Wildman–Crippen MR) is 48.3 cm³/mol. The van der Waals surface area contributed by atoms with Crippen LogP contribution in [0.5, 0.6) is 11.5 Å². The van der Waals surface area contributed by atoms with Crippen LogP contribution in [-0.4, -0.2) is 34.9 Å². The molecule has 1 aromatic rings. The van der Waals surface area contributed by atoms with Crippen LogP contribution in [0.25, 0.3) is 0 Å². The summed E-state index contributed by atoms with van der Waals surface area (Å²) >= 11 is 0. The average molecular weight is 214 g/mol. The van der Waals surface area contributed by atoms with Crippen LogP contribution in [0, 0.1) is 0 Å². The number of aliphatic hydroxyl groups excluding tert-OH is 1. The van der Waals surface area contributed by atoms with Gasteiger partial charge in [-0.15, -0.1) is 0 Å². The van der Waals surface area contributed by atoms with E-state index in [1.54, 1.807) is 0 Å². The standard InChI is InChI=1S/C9H10O6/c1-14-6-4-2-3-5(7(6)10)8(11)15-9(12)13/h2-4,9-10,12-13H,1H3. The first-order valence-electron chi connectivity index (χ1n) is 3.99. The molecule has 0 radical (unpaired) electrons.